The second kappa shape index (κ2) is 7.01. The van der Waals surface area contributed by atoms with Gasteiger partial charge in [0.05, 0.1) is 5.39 Å². The first kappa shape index (κ1) is 15.7. The highest BCUT2D eigenvalue weighted by molar-refractivity contribution is 6.06. The van der Waals surface area contributed by atoms with Gasteiger partial charge in [-0.2, -0.15) is 10.1 Å². The molecular formula is C19H20N4O2. The average Bonchev–Trinajstić information content (AvgIpc) is 3.07. The molecule has 0 saturated heterocycles. The molecule has 128 valence electrons. The highest BCUT2D eigenvalue weighted by Crippen LogP contribution is 2.24. The molecule has 6 heteroatoms. The molecule has 0 spiro atoms. The predicted octanol–water partition coefficient (Wildman–Crippen LogP) is 3.49. The molecule has 0 aliphatic heterocycles. The summed E-state index contributed by atoms with van der Waals surface area (Å²) in [5.41, 5.74) is 1.93. The van der Waals surface area contributed by atoms with Crippen LogP contribution in [0.2, 0.25) is 0 Å². The van der Waals surface area contributed by atoms with Crippen molar-refractivity contribution in [2.75, 3.05) is 0 Å². The normalized spacial score (nSPS) is 15.4. The summed E-state index contributed by atoms with van der Waals surface area (Å²) in [5.74, 6) is 0.565. The van der Waals surface area contributed by atoms with E-state index in [1.54, 1.807) is 12.4 Å². The highest BCUT2D eigenvalue weighted by Gasteiger charge is 2.18. The number of ketones is 1. The van der Waals surface area contributed by atoms with Gasteiger partial charge in [-0.3, -0.25) is 14.9 Å². The second-order valence-electron chi connectivity index (χ2n) is 6.45. The number of rotatable bonds is 5. The van der Waals surface area contributed by atoms with E-state index in [4.69, 9.17) is 4.74 Å². The van der Waals surface area contributed by atoms with E-state index in [9.17, 15) is 4.79 Å². The maximum absolute atomic E-state index is 12.5. The number of aromatic amines is 1. The van der Waals surface area contributed by atoms with Crippen molar-refractivity contribution >= 4 is 16.8 Å². The molecule has 0 atom stereocenters. The van der Waals surface area contributed by atoms with Crippen LogP contribution in [-0.4, -0.2) is 32.1 Å². The van der Waals surface area contributed by atoms with Crippen molar-refractivity contribution in [1.82, 2.24) is 20.2 Å². The van der Waals surface area contributed by atoms with Crippen LogP contribution in [0.4, 0.5) is 0 Å². The molecule has 0 amide bonds. The molecule has 1 saturated carbocycles. The number of pyridine rings is 2. The summed E-state index contributed by atoms with van der Waals surface area (Å²) in [6.07, 6.45) is 9.78. The standard InChI is InChI=1S/C19H20N4O2/c24-16(12-13-8-10-20-11-9-13)18-15-6-7-17(21-19(15)23-22-18)25-14-4-2-1-3-5-14/h6-11,14H,1-5,12H2,(H,21,22,23). The molecule has 4 rings (SSSR count). The van der Waals surface area contributed by atoms with Crippen molar-refractivity contribution in [3.8, 4) is 5.88 Å². The fraction of sp³-hybridized carbons (Fsp3) is 0.368. The summed E-state index contributed by atoms with van der Waals surface area (Å²) >= 11 is 0. The smallest absolute Gasteiger partial charge is 0.215 e. The van der Waals surface area contributed by atoms with E-state index < -0.39 is 0 Å². The lowest BCUT2D eigenvalue weighted by Crippen LogP contribution is -2.20. The maximum atomic E-state index is 12.5. The van der Waals surface area contributed by atoms with Gasteiger partial charge in [0, 0.05) is 24.9 Å². The zero-order valence-electron chi connectivity index (χ0n) is 13.9. The van der Waals surface area contributed by atoms with Crippen molar-refractivity contribution in [1.29, 1.82) is 0 Å². The highest BCUT2D eigenvalue weighted by atomic mass is 16.5. The Morgan fingerprint density at radius 1 is 1.12 bits per heavy atom. The van der Waals surface area contributed by atoms with Crippen LogP contribution >= 0.6 is 0 Å². The van der Waals surface area contributed by atoms with Crippen molar-refractivity contribution in [2.45, 2.75) is 44.6 Å². The van der Waals surface area contributed by atoms with Crippen LogP contribution in [0.1, 0.15) is 48.2 Å². The average molecular weight is 336 g/mol. The first-order valence-corrected chi connectivity index (χ1v) is 8.73. The molecule has 1 fully saturated rings. The number of hydrogen-bond acceptors (Lipinski definition) is 5. The first-order chi connectivity index (χ1) is 12.3. The zero-order valence-corrected chi connectivity index (χ0v) is 13.9. The Hall–Kier alpha value is -2.76. The monoisotopic (exact) mass is 336 g/mol. The lowest BCUT2D eigenvalue weighted by molar-refractivity contribution is 0.0989. The molecule has 1 aliphatic carbocycles. The molecule has 1 N–H and O–H groups in total. The van der Waals surface area contributed by atoms with Crippen LogP contribution in [0.25, 0.3) is 11.0 Å². The van der Waals surface area contributed by atoms with Crippen LogP contribution in [0.15, 0.2) is 36.7 Å². The van der Waals surface area contributed by atoms with Gasteiger partial charge in [0.2, 0.25) is 5.88 Å². The van der Waals surface area contributed by atoms with E-state index in [0.717, 1.165) is 23.8 Å². The molecule has 0 unspecified atom stereocenters. The van der Waals surface area contributed by atoms with Gasteiger partial charge in [-0.15, -0.1) is 0 Å². The summed E-state index contributed by atoms with van der Waals surface area (Å²) in [4.78, 5) is 21.0. The summed E-state index contributed by atoms with van der Waals surface area (Å²) < 4.78 is 5.97. The molecule has 3 aromatic heterocycles. The fourth-order valence-corrected chi connectivity index (χ4v) is 3.29. The Morgan fingerprint density at radius 2 is 1.92 bits per heavy atom. The van der Waals surface area contributed by atoms with E-state index in [2.05, 4.69) is 20.2 Å². The largest absolute Gasteiger partial charge is 0.474 e. The first-order valence-electron chi connectivity index (χ1n) is 8.73. The molecule has 3 aromatic rings. The van der Waals surface area contributed by atoms with Gasteiger partial charge < -0.3 is 4.74 Å². The number of aromatic nitrogens is 4. The number of carbonyl (C=O) groups is 1. The number of fused-ring (bicyclic) bond motifs is 1. The zero-order chi connectivity index (χ0) is 17.1. The minimum atomic E-state index is -0.0172. The van der Waals surface area contributed by atoms with E-state index >= 15 is 0 Å². The Balaban J connectivity index is 1.52. The van der Waals surface area contributed by atoms with Gasteiger partial charge in [0.15, 0.2) is 11.4 Å². The van der Waals surface area contributed by atoms with Crippen molar-refractivity contribution in [3.63, 3.8) is 0 Å². The van der Waals surface area contributed by atoms with Gasteiger partial charge in [0.1, 0.15) is 11.8 Å². The number of Topliss-reactive ketones (excluding diaryl/α,β-unsaturated/α-hetero) is 1. The number of carbonyl (C=O) groups excluding carboxylic acids is 1. The van der Waals surface area contributed by atoms with Gasteiger partial charge in [-0.25, -0.2) is 0 Å². The molecule has 3 heterocycles. The molecule has 0 bridgehead atoms. The Bertz CT molecular complexity index is 870. The molecular weight excluding hydrogens is 316 g/mol. The van der Waals surface area contributed by atoms with Crippen molar-refractivity contribution in [2.24, 2.45) is 0 Å². The Morgan fingerprint density at radius 3 is 2.72 bits per heavy atom. The summed E-state index contributed by atoms with van der Waals surface area (Å²) in [7, 11) is 0. The number of ether oxygens (including phenoxy) is 1. The summed E-state index contributed by atoms with van der Waals surface area (Å²) in [6.45, 7) is 0. The van der Waals surface area contributed by atoms with E-state index in [1.165, 1.54) is 19.3 Å². The van der Waals surface area contributed by atoms with Crippen LogP contribution in [0, 0.1) is 0 Å². The van der Waals surface area contributed by atoms with Gasteiger partial charge in [0.25, 0.3) is 0 Å². The van der Waals surface area contributed by atoms with E-state index in [1.807, 2.05) is 24.3 Å². The van der Waals surface area contributed by atoms with Crippen LogP contribution in [0.5, 0.6) is 5.88 Å². The van der Waals surface area contributed by atoms with Gasteiger partial charge >= 0.3 is 0 Å². The minimum Gasteiger partial charge on any atom is -0.474 e. The SMILES string of the molecule is O=C(Cc1ccncc1)c1[nH]nc2nc(OC3CCCCC3)ccc12. The predicted molar refractivity (Wildman–Crippen MR) is 93.7 cm³/mol. The quantitative estimate of drug-likeness (QED) is 0.721. The topological polar surface area (TPSA) is 80.8 Å². The van der Waals surface area contributed by atoms with Gasteiger partial charge in [-0.05, 0) is 49.4 Å². The van der Waals surface area contributed by atoms with Gasteiger partial charge in [-0.1, -0.05) is 6.42 Å². The van der Waals surface area contributed by atoms with Crippen molar-refractivity contribution < 1.29 is 9.53 Å². The number of nitrogens with one attached hydrogen (secondary N) is 1. The Labute approximate surface area is 145 Å². The lowest BCUT2D eigenvalue weighted by atomic mass is 9.98. The minimum absolute atomic E-state index is 0.0172. The third-order valence-corrected chi connectivity index (χ3v) is 4.63. The second-order valence-corrected chi connectivity index (χ2v) is 6.45. The summed E-state index contributed by atoms with van der Waals surface area (Å²) in [5, 5.41) is 7.75. The number of H-pyrrole nitrogens is 1. The van der Waals surface area contributed by atoms with Crippen LogP contribution in [-0.2, 0) is 6.42 Å². The third-order valence-electron chi connectivity index (χ3n) is 4.63. The summed E-state index contributed by atoms with van der Waals surface area (Å²) in [6, 6.07) is 7.37. The maximum Gasteiger partial charge on any atom is 0.215 e. The van der Waals surface area contributed by atoms with Crippen LogP contribution < -0.4 is 4.74 Å². The van der Waals surface area contributed by atoms with Crippen molar-refractivity contribution in [3.05, 3.63) is 47.9 Å². The molecule has 0 aromatic carbocycles. The van der Waals surface area contributed by atoms with E-state index in [-0.39, 0.29) is 11.9 Å². The number of nitrogens with zero attached hydrogens (tertiary/aromatic N) is 3. The Kier molecular flexibility index (Phi) is 4.41. The number of hydrogen-bond donors (Lipinski definition) is 1. The molecule has 1 aliphatic rings. The molecule has 0 radical (unpaired) electrons. The lowest BCUT2D eigenvalue weighted by Gasteiger charge is -2.22. The fourth-order valence-electron chi connectivity index (χ4n) is 3.29. The van der Waals surface area contributed by atoms with E-state index in [0.29, 0.717) is 23.6 Å². The van der Waals surface area contributed by atoms with Crippen LogP contribution in [0.3, 0.4) is 0 Å². The molecule has 6 nitrogen and oxygen atoms in total. The molecule has 25 heavy (non-hydrogen) atoms. The third kappa shape index (κ3) is 3.52.